The molecule has 0 amide bonds. The first-order chi connectivity index (χ1) is 7.34. The number of hydrogen-bond donors (Lipinski definition) is 1. The fourth-order valence-corrected chi connectivity index (χ4v) is 3.64. The van der Waals surface area contributed by atoms with Crippen LogP contribution in [0, 0.1) is 5.92 Å². The number of aromatic nitrogens is 1. The Morgan fingerprint density at radius 3 is 3.13 bits per heavy atom. The summed E-state index contributed by atoms with van der Waals surface area (Å²) in [6.07, 6.45) is 4.72. The summed E-state index contributed by atoms with van der Waals surface area (Å²) in [5.74, 6) is 0.483. The van der Waals surface area contributed by atoms with Crippen molar-refractivity contribution >= 4 is 11.3 Å². The number of ether oxygens (including phenoxy) is 1. The van der Waals surface area contributed by atoms with Gasteiger partial charge < -0.3 is 10.5 Å². The molecule has 0 saturated carbocycles. The molecule has 2 aliphatic rings. The highest BCUT2D eigenvalue weighted by atomic mass is 32.1. The lowest BCUT2D eigenvalue weighted by Crippen LogP contribution is -2.21. The van der Waals surface area contributed by atoms with Gasteiger partial charge in [-0.1, -0.05) is 0 Å². The maximum Gasteiger partial charge on any atom is 0.110 e. The van der Waals surface area contributed by atoms with Crippen LogP contribution in [0.25, 0.3) is 0 Å². The van der Waals surface area contributed by atoms with Gasteiger partial charge in [-0.2, -0.15) is 0 Å². The lowest BCUT2D eigenvalue weighted by molar-refractivity contribution is 0.181. The van der Waals surface area contributed by atoms with E-state index in [1.165, 1.54) is 23.4 Å². The molecule has 1 aliphatic carbocycles. The second-order valence-electron chi connectivity index (χ2n) is 4.42. The summed E-state index contributed by atoms with van der Waals surface area (Å²) >= 11 is 1.83. The van der Waals surface area contributed by atoms with Crippen molar-refractivity contribution in [1.29, 1.82) is 0 Å². The summed E-state index contributed by atoms with van der Waals surface area (Å²) in [6, 6.07) is 0.100. The van der Waals surface area contributed by atoms with Gasteiger partial charge in [0.2, 0.25) is 0 Å². The first-order valence-corrected chi connectivity index (χ1v) is 6.48. The Labute approximate surface area is 93.7 Å². The van der Waals surface area contributed by atoms with E-state index in [1.807, 2.05) is 11.3 Å². The highest BCUT2D eigenvalue weighted by Gasteiger charge is 2.28. The standard InChI is InChI=1S/C11H16N2OS/c12-10(7-4-5-14-6-7)11-13-8-2-1-3-9(8)15-11/h7,10H,1-6,12H2. The molecule has 1 aromatic heterocycles. The Bertz CT molecular complexity index is 336. The van der Waals surface area contributed by atoms with E-state index in [0.717, 1.165) is 31.1 Å². The van der Waals surface area contributed by atoms with Gasteiger partial charge in [-0.25, -0.2) is 4.98 Å². The summed E-state index contributed by atoms with van der Waals surface area (Å²) in [7, 11) is 0. The van der Waals surface area contributed by atoms with Crippen LogP contribution in [0.1, 0.15) is 34.5 Å². The van der Waals surface area contributed by atoms with Crippen molar-refractivity contribution in [3.05, 3.63) is 15.6 Å². The maximum absolute atomic E-state index is 6.23. The molecule has 0 spiro atoms. The Morgan fingerprint density at radius 1 is 1.47 bits per heavy atom. The third kappa shape index (κ3) is 1.71. The second-order valence-corrected chi connectivity index (χ2v) is 5.54. The predicted molar refractivity (Wildman–Crippen MR) is 60.0 cm³/mol. The van der Waals surface area contributed by atoms with Crippen LogP contribution in [0.4, 0.5) is 0 Å². The van der Waals surface area contributed by atoms with Crippen molar-refractivity contribution in [3.8, 4) is 0 Å². The zero-order valence-corrected chi connectivity index (χ0v) is 9.55. The van der Waals surface area contributed by atoms with Crippen LogP contribution in [0.5, 0.6) is 0 Å². The molecule has 2 heterocycles. The largest absolute Gasteiger partial charge is 0.381 e. The minimum absolute atomic E-state index is 0.100. The van der Waals surface area contributed by atoms with E-state index in [9.17, 15) is 0 Å². The molecule has 3 nitrogen and oxygen atoms in total. The van der Waals surface area contributed by atoms with E-state index in [-0.39, 0.29) is 6.04 Å². The van der Waals surface area contributed by atoms with Gasteiger partial charge >= 0.3 is 0 Å². The summed E-state index contributed by atoms with van der Waals surface area (Å²) < 4.78 is 5.37. The average Bonchev–Trinajstić information content (AvgIpc) is 2.92. The topological polar surface area (TPSA) is 48.1 Å². The smallest absolute Gasteiger partial charge is 0.110 e. The Balaban J connectivity index is 1.79. The SMILES string of the molecule is NC(c1nc2c(s1)CCC2)C1CCOC1. The van der Waals surface area contributed by atoms with E-state index >= 15 is 0 Å². The summed E-state index contributed by atoms with van der Waals surface area (Å²) in [5, 5.41) is 1.13. The van der Waals surface area contributed by atoms with Gasteiger partial charge in [0.15, 0.2) is 0 Å². The molecule has 2 unspecified atom stereocenters. The molecule has 3 rings (SSSR count). The predicted octanol–water partition coefficient (Wildman–Crippen LogP) is 1.67. The molecule has 15 heavy (non-hydrogen) atoms. The van der Waals surface area contributed by atoms with Gasteiger partial charge in [0.05, 0.1) is 18.3 Å². The van der Waals surface area contributed by atoms with E-state index < -0.39 is 0 Å². The molecular weight excluding hydrogens is 208 g/mol. The van der Waals surface area contributed by atoms with Crippen molar-refractivity contribution in [3.63, 3.8) is 0 Å². The van der Waals surface area contributed by atoms with Crippen LogP contribution in [0.3, 0.4) is 0 Å². The third-order valence-corrected chi connectivity index (χ3v) is 4.63. The Hall–Kier alpha value is -0.450. The summed E-state index contributed by atoms with van der Waals surface area (Å²) in [4.78, 5) is 6.14. The molecule has 2 atom stereocenters. The zero-order valence-electron chi connectivity index (χ0n) is 8.74. The van der Waals surface area contributed by atoms with Crippen LogP contribution in [-0.4, -0.2) is 18.2 Å². The zero-order chi connectivity index (χ0) is 10.3. The van der Waals surface area contributed by atoms with Crippen LogP contribution in [0.2, 0.25) is 0 Å². The molecule has 82 valence electrons. The van der Waals surface area contributed by atoms with Crippen molar-refractivity contribution in [1.82, 2.24) is 4.98 Å². The molecular formula is C11H16N2OS. The van der Waals surface area contributed by atoms with E-state index in [2.05, 4.69) is 4.98 Å². The lowest BCUT2D eigenvalue weighted by atomic mass is 10.0. The van der Waals surface area contributed by atoms with Crippen molar-refractivity contribution < 1.29 is 4.74 Å². The van der Waals surface area contributed by atoms with Crippen LogP contribution in [-0.2, 0) is 17.6 Å². The fourth-order valence-electron chi connectivity index (χ4n) is 2.39. The van der Waals surface area contributed by atoms with Gasteiger partial charge in [-0.05, 0) is 25.7 Å². The number of fused-ring (bicyclic) bond motifs is 1. The van der Waals surface area contributed by atoms with Crippen LogP contribution >= 0.6 is 11.3 Å². The monoisotopic (exact) mass is 224 g/mol. The number of nitrogens with two attached hydrogens (primary N) is 1. The highest BCUT2D eigenvalue weighted by molar-refractivity contribution is 7.11. The fraction of sp³-hybridized carbons (Fsp3) is 0.727. The molecule has 0 bridgehead atoms. The first kappa shape index (κ1) is 9.75. The quantitative estimate of drug-likeness (QED) is 0.831. The Morgan fingerprint density at radius 2 is 2.40 bits per heavy atom. The molecule has 1 aromatic rings. The van der Waals surface area contributed by atoms with Gasteiger partial charge in [-0.15, -0.1) is 11.3 Å². The van der Waals surface area contributed by atoms with Crippen LogP contribution in [0.15, 0.2) is 0 Å². The minimum Gasteiger partial charge on any atom is -0.381 e. The average molecular weight is 224 g/mol. The molecule has 1 fully saturated rings. The number of rotatable bonds is 2. The van der Waals surface area contributed by atoms with E-state index in [4.69, 9.17) is 10.5 Å². The van der Waals surface area contributed by atoms with E-state index in [1.54, 1.807) is 0 Å². The number of thiazole rings is 1. The highest BCUT2D eigenvalue weighted by Crippen LogP contribution is 2.34. The second kappa shape index (κ2) is 3.85. The molecule has 0 aromatic carbocycles. The molecule has 4 heteroatoms. The van der Waals surface area contributed by atoms with E-state index in [0.29, 0.717) is 5.92 Å². The van der Waals surface area contributed by atoms with Gasteiger partial charge in [0.1, 0.15) is 5.01 Å². The minimum atomic E-state index is 0.100. The first-order valence-electron chi connectivity index (χ1n) is 5.66. The summed E-state index contributed by atoms with van der Waals surface area (Å²) in [6.45, 7) is 1.68. The molecule has 1 saturated heterocycles. The molecule has 2 N–H and O–H groups in total. The summed E-state index contributed by atoms with van der Waals surface area (Å²) in [5.41, 5.74) is 7.54. The van der Waals surface area contributed by atoms with Crippen LogP contribution < -0.4 is 5.73 Å². The molecule has 0 radical (unpaired) electrons. The Kier molecular flexibility index (Phi) is 2.50. The third-order valence-electron chi connectivity index (χ3n) is 3.37. The lowest BCUT2D eigenvalue weighted by Gasteiger charge is -2.14. The normalized spacial score (nSPS) is 26.9. The van der Waals surface area contributed by atoms with Crippen molar-refractivity contribution in [2.75, 3.05) is 13.2 Å². The van der Waals surface area contributed by atoms with Gasteiger partial charge in [-0.3, -0.25) is 0 Å². The number of hydrogen-bond acceptors (Lipinski definition) is 4. The van der Waals surface area contributed by atoms with Gasteiger partial charge in [0.25, 0.3) is 0 Å². The number of aryl methyl sites for hydroxylation is 2. The van der Waals surface area contributed by atoms with Crippen molar-refractivity contribution in [2.24, 2.45) is 11.7 Å². The van der Waals surface area contributed by atoms with Crippen molar-refractivity contribution in [2.45, 2.75) is 31.7 Å². The molecule has 1 aliphatic heterocycles. The maximum atomic E-state index is 6.23. The van der Waals surface area contributed by atoms with Gasteiger partial charge in [0, 0.05) is 17.4 Å². The number of nitrogens with zero attached hydrogens (tertiary/aromatic N) is 1.